The summed E-state index contributed by atoms with van der Waals surface area (Å²) < 4.78 is 7.08. The zero-order chi connectivity index (χ0) is 9.97. The number of rotatable bonds is 1. The number of halogens is 1. The van der Waals surface area contributed by atoms with Crippen LogP contribution < -0.4 is 0 Å². The molecule has 14 heavy (non-hydrogen) atoms. The Bertz CT molecular complexity index is 376. The first kappa shape index (κ1) is 10.6. The molecule has 6 heteroatoms. The average molecular weight is 293 g/mol. The summed E-state index contributed by atoms with van der Waals surface area (Å²) in [6.07, 6.45) is 1.78. The summed E-state index contributed by atoms with van der Waals surface area (Å²) in [6, 6.07) is 0. The lowest BCUT2D eigenvalue weighted by Gasteiger charge is -2.21. The van der Waals surface area contributed by atoms with E-state index in [0.717, 1.165) is 28.4 Å². The van der Waals surface area contributed by atoms with Crippen LogP contribution in [0.5, 0.6) is 0 Å². The van der Waals surface area contributed by atoms with E-state index in [1.807, 2.05) is 11.8 Å². The van der Waals surface area contributed by atoms with Crippen molar-refractivity contribution in [3.05, 3.63) is 21.1 Å². The Morgan fingerprint density at radius 2 is 2.57 bits per heavy atom. The van der Waals surface area contributed by atoms with Crippen LogP contribution in [0.1, 0.15) is 11.9 Å². The standard InChI is InChI=1S/C8H9BrN2OS2/c9-5-3-10-7(11-8(5)13)6-4-14-2-1-12-6/h3,6H,1-2,4H2,(H,10,11,13). The molecule has 1 N–H and O–H groups in total. The van der Waals surface area contributed by atoms with Gasteiger partial charge in [-0.05, 0) is 15.9 Å². The van der Waals surface area contributed by atoms with E-state index in [1.165, 1.54) is 0 Å². The molecule has 0 amide bonds. The van der Waals surface area contributed by atoms with Crippen LogP contribution in [0.4, 0.5) is 0 Å². The van der Waals surface area contributed by atoms with Gasteiger partial charge < -0.3 is 9.72 Å². The fraction of sp³-hybridized carbons (Fsp3) is 0.500. The predicted molar refractivity (Wildman–Crippen MR) is 63.1 cm³/mol. The van der Waals surface area contributed by atoms with E-state index in [-0.39, 0.29) is 6.10 Å². The highest BCUT2D eigenvalue weighted by molar-refractivity contribution is 9.10. The molecule has 0 spiro atoms. The van der Waals surface area contributed by atoms with Crippen LogP contribution in [0.2, 0.25) is 0 Å². The number of hydrogen-bond acceptors (Lipinski definition) is 4. The Kier molecular flexibility index (Phi) is 3.59. The monoisotopic (exact) mass is 292 g/mol. The Morgan fingerprint density at radius 1 is 1.71 bits per heavy atom. The lowest BCUT2D eigenvalue weighted by Crippen LogP contribution is -2.18. The smallest absolute Gasteiger partial charge is 0.137 e. The van der Waals surface area contributed by atoms with E-state index in [0.29, 0.717) is 4.64 Å². The number of nitrogens with one attached hydrogen (secondary N) is 1. The number of aromatic nitrogens is 2. The Balaban J connectivity index is 2.23. The molecule has 0 saturated carbocycles. The van der Waals surface area contributed by atoms with Crippen LogP contribution >= 0.6 is 39.9 Å². The molecule has 0 aromatic carbocycles. The van der Waals surface area contributed by atoms with Gasteiger partial charge in [-0.15, -0.1) is 0 Å². The van der Waals surface area contributed by atoms with Crippen molar-refractivity contribution in [1.29, 1.82) is 0 Å². The molecule has 0 aliphatic carbocycles. The maximum absolute atomic E-state index is 5.58. The van der Waals surface area contributed by atoms with Crippen molar-refractivity contribution in [3.8, 4) is 0 Å². The SMILES string of the molecule is S=c1[nH]c(C2CSCCO2)ncc1Br. The summed E-state index contributed by atoms with van der Waals surface area (Å²) in [5.41, 5.74) is 0. The largest absolute Gasteiger partial charge is 0.369 e. The normalized spacial score (nSPS) is 22.2. The fourth-order valence-corrected chi connectivity index (χ4v) is 2.41. The third-order valence-electron chi connectivity index (χ3n) is 1.90. The second kappa shape index (κ2) is 4.74. The van der Waals surface area contributed by atoms with Gasteiger partial charge in [-0.25, -0.2) is 4.98 Å². The minimum Gasteiger partial charge on any atom is -0.369 e. The van der Waals surface area contributed by atoms with Crippen LogP contribution in [0.3, 0.4) is 0 Å². The molecule has 1 unspecified atom stereocenters. The van der Waals surface area contributed by atoms with Gasteiger partial charge in [0.2, 0.25) is 0 Å². The van der Waals surface area contributed by atoms with Gasteiger partial charge >= 0.3 is 0 Å². The van der Waals surface area contributed by atoms with Crippen molar-refractivity contribution in [2.45, 2.75) is 6.10 Å². The maximum Gasteiger partial charge on any atom is 0.137 e. The van der Waals surface area contributed by atoms with E-state index in [2.05, 4.69) is 25.9 Å². The summed E-state index contributed by atoms with van der Waals surface area (Å²) in [5, 5.41) is 0. The number of ether oxygens (including phenoxy) is 1. The van der Waals surface area contributed by atoms with Crippen molar-refractivity contribution < 1.29 is 4.74 Å². The highest BCUT2D eigenvalue weighted by Gasteiger charge is 2.18. The first-order valence-electron chi connectivity index (χ1n) is 4.21. The molecule has 1 aliphatic heterocycles. The van der Waals surface area contributed by atoms with Gasteiger partial charge in [0.15, 0.2) is 0 Å². The fourth-order valence-electron chi connectivity index (χ4n) is 1.20. The zero-order valence-corrected chi connectivity index (χ0v) is 10.5. The quantitative estimate of drug-likeness (QED) is 0.808. The molecule has 1 saturated heterocycles. The highest BCUT2D eigenvalue weighted by atomic mass is 79.9. The molecular weight excluding hydrogens is 284 g/mol. The lowest BCUT2D eigenvalue weighted by atomic mass is 10.3. The highest BCUT2D eigenvalue weighted by Crippen LogP contribution is 2.24. The molecule has 1 aromatic heterocycles. The van der Waals surface area contributed by atoms with Crippen LogP contribution in [0.15, 0.2) is 10.7 Å². The minimum atomic E-state index is 0.0588. The second-order valence-electron chi connectivity index (χ2n) is 2.88. The topological polar surface area (TPSA) is 37.9 Å². The number of nitrogens with zero attached hydrogens (tertiary/aromatic N) is 1. The van der Waals surface area contributed by atoms with Gasteiger partial charge in [-0.3, -0.25) is 0 Å². The average Bonchev–Trinajstić information content (AvgIpc) is 2.23. The van der Waals surface area contributed by atoms with E-state index in [4.69, 9.17) is 17.0 Å². The first-order chi connectivity index (χ1) is 6.77. The third kappa shape index (κ3) is 2.36. The summed E-state index contributed by atoms with van der Waals surface area (Å²) in [7, 11) is 0. The molecule has 0 bridgehead atoms. The van der Waals surface area contributed by atoms with Crippen molar-refractivity contribution in [3.63, 3.8) is 0 Å². The summed E-state index contributed by atoms with van der Waals surface area (Å²) in [6.45, 7) is 0.785. The summed E-state index contributed by atoms with van der Waals surface area (Å²) in [4.78, 5) is 7.32. The van der Waals surface area contributed by atoms with Crippen molar-refractivity contribution in [2.75, 3.05) is 18.1 Å². The van der Waals surface area contributed by atoms with Gasteiger partial charge in [-0.1, -0.05) is 12.2 Å². The van der Waals surface area contributed by atoms with Gasteiger partial charge in [0.25, 0.3) is 0 Å². The first-order valence-corrected chi connectivity index (χ1v) is 6.57. The van der Waals surface area contributed by atoms with Crippen LogP contribution in [0.25, 0.3) is 0 Å². The second-order valence-corrected chi connectivity index (χ2v) is 5.29. The van der Waals surface area contributed by atoms with E-state index in [9.17, 15) is 0 Å². The Morgan fingerprint density at radius 3 is 3.21 bits per heavy atom. The van der Waals surface area contributed by atoms with Crippen molar-refractivity contribution in [1.82, 2.24) is 9.97 Å². The molecule has 3 nitrogen and oxygen atoms in total. The van der Waals surface area contributed by atoms with Crippen LogP contribution in [-0.4, -0.2) is 28.1 Å². The minimum absolute atomic E-state index is 0.0588. The molecule has 1 fully saturated rings. The van der Waals surface area contributed by atoms with Crippen LogP contribution in [0, 0.1) is 4.64 Å². The molecule has 2 heterocycles. The summed E-state index contributed by atoms with van der Waals surface area (Å²) >= 11 is 10.3. The molecule has 1 atom stereocenters. The molecular formula is C8H9BrN2OS2. The maximum atomic E-state index is 5.58. The van der Waals surface area contributed by atoms with E-state index >= 15 is 0 Å². The third-order valence-corrected chi connectivity index (χ3v) is 4.08. The molecule has 1 aliphatic rings. The number of thioether (sulfide) groups is 1. The van der Waals surface area contributed by atoms with E-state index in [1.54, 1.807) is 6.20 Å². The Hall–Kier alpha value is 0.0900. The van der Waals surface area contributed by atoms with Gasteiger partial charge in [0.05, 0.1) is 11.1 Å². The predicted octanol–water partition coefficient (Wildman–Crippen LogP) is 2.71. The zero-order valence-electron chi connectivity index (χ0n) is 7.33. The number of hydrogen-bond donors (Lipinski definition) is 1. The van der Waals surface area contributed by atoms with Crippen molar-refractivity contribution >= 4 is 39.9 Å². The van der Waals surface area contributed by atoms with Gasteiger partial charge in [-0.2, -0.15) is 11.8 Å². The van der Waals surface area contributed by atoms with E-state index < -0.39 is 0 Å². The lowest BCUT2D eigenvalue weighted by molar-refractivity contribution is 0.0693. The number of aromatic amines is 1. The van der Waals surface area contributed by atoms with Gasteiger partial charge in [0, 0.05) is 17.7 Å². The van der Waals surface area contributed by atoms with Gasteiger partial charge in [0.1, 0.15) is 16.6 Å². The van der Waals surface area contributed by atoms with Crippen LogP contribution in [-0.2, 0) is 4.74 Å². The number of H-pyrrole nitrogens is 1. The molecule has 1 aromatic rings. The molecule has 2 rings (SSSR count). The Labute approximate surface area is 99.8 Å². The molecule has 76 valence electrons. The summed E-state index contributed by atoms with van der Waals surface area (Å²) in [5.74, 6) is 2.83. The molecule has 0 radical (unpaired) electrons. The van der Waals surface area contributed by atoms with Crippen molar-refractivity contribution in [2.24, 2.45) is 0 Å².